The Bertz CT molecular complexity index is 461. The minimum absolute atomic E-state index is 0.382. The lowest BCUT2D eigenvalue weighted by molar-refractivity contribution is -0.0246. The smallest absolute Gasteiger partial charge is 0.124 e. The van der Waals surface area contributed by atoms with Crippen LogP contribution in [0.2, 0.25) is 0 Å². The van der Waals surface area contributed by atoms with E-state index in [4.69, 9.17) is 4.74 Å². The fourth-order valence-corrected chi connectivity index (χ4v) is 3.34. The minimum atomic E-state index is 0.382. The molecule has 0 aromatic heterocycles. The molecule has 0 atom stereocenters. The number of piperidine rings is 1. The Labute approximate surface area is 156 Å². The van der Waals surface area contributed by atoms with Crippen LogP contribution in [0.15, 0.2) is 24.3 Å². The lowest BCUT2D eigenvalue weighted by Gasteiger charge is -2.46. The normalized spacial score (nSPS) is 19.4. The summed E-state index contributed by atoms with van der Waals surface area (Å²) in [4.78, 5) is 5.03. The predicted octanol–water partition coefficient (Wildman–Crippen LogP) is 5.02. The molecule has 0 N–H and O–H groups in total. The van der Waals surface area contributed by atoms with E-state index in [-0.39, 0.29) is 0 Å². The van der Waals surface area contributed by atoms with Gasteiger partial charge in [0.05, 0.1) is 0 Å². The van der Waals surface area contributed by atoms with Crippen molar-refractivity contribution in [1.82, 2.24) is 9.80 Å². The van der Waals surface area contributed by atoms with Gasteiger partial charge in [-0.2, -0.15) is 0 Å². The van der Waals surface area contributed by atoms with Crippen LogP contribution in [-0.4, -0.2) is 55.2 Å². The molecule has 144 valence electrons. The Morgan fingerprint density at radius 2 is 1.60 bits per heavy atom. The molecule has 0 amide bonds. The summed E-state index contributed by atoms with van der Waals surface area (Å²) in [5.74, 6) is 1.60. The zero-order valence-electron chi connectivity index (χ0n) is 17.6. The van der Waals surface area contributed by atoms with Crippen molar-refractivity contribution in [3.05, 3.63) is 29.8 Å². The van der Waals surface area contributed by atoms with Crippen LogP contribution in [0.5, 0.6) is 5.75 Å². The molecule has 0 spiro atoms. The molecule has 0 aliphatic carbocycles. The number of likely N-dealkylation sites (tertiary alicyclic amines) is 2. The monoisotopic (exact) mass is 348 g/mol. The van der Waals surface area contributed by atoms with Gasteiger partial charge in [0, 0.05) is 19.1 Å². The van der Waals surface area contributed by atoms with Crippen molar-refractivity contribution < 1.29 is 4.74 Å². The fourth-order valence-electron chi connectivity index (χ4n) is 3.34. The van der Waals surface area contributed by atoms with Gasteiger partial charge in [0.25, 0.3) is 0 Å². The second-order valence-electron chi connectivity index (χ2n) is 6.96. The Morgan fingerprint density at radius 1 is 1.00 bits per heavy atom. The van der Waals surface area contributed by atoms with Crippen molar-refractivity contribution in [1.29, 1.82) is 0 Å². The molecule has 3 heteroatoms. The summed E-state index contributed by atoms with van der Waals surface area (Å²) < 4.78 is 6.13. The number of benzene rings is 1. The van der Waals surface area contributed by atoms with E-state index in [1.54, 1.807) is 0 Å². The van der Waals surface area contributed by atoms with Crippen molar-refractivity contribution in [3.63, 3.8) is 0 Å². The first-order chi connectivity index (χ1) is 12.1. The first-order valence-electron chi connectivity index (χ1n) is 10.3. The van der Waals surface area contributed by atoms with E-state index in [0.717, 1.165) is 24.9 Å². The molecule has 25 heavy (non-hydrogen) atoms. The molecule has 1 aromatic carbocycles. The van der Waals surface area contributed by atoms with Gasteiger partial charge in [0.15, 0.2) is 0 Å². The van der Waals surface area contributed by atoms with Crippen LogP contribution in [-0.2, 0) is 0 Å². The van der Waals surface area contributed by atoms with Crippen molar-refractivity contribution in [3.8, 4) is 5.75 Å². The Morgan fingerprint density at radius 3 is 2.16 bits per heavy atom. The number of nitrogens with zero attached hydrogens (tertiary/aromatic N) is 2. The molecular formula is C22H40N2O. The van der Waals surface area contributed by atoms with Gasteiger partial charge in [0.2, 0.25) is 0 Å². The first kappa shape index (κ1) is 22.0. The zero-order valence-corrected chi connectivity index (χ0v) is 17.6. The second-order valence-corrected chi connectivity index (χ2v) is 6.96. The maximum atomic E-state index is 6.13. The van der Waals surface area contributed by atoms with Crippen molar-refractivity contribution in [2.45, 2.75) is 72.4 Å². The van der Waals surface area contributed by atoms with E-state index < -0.39 is 0 Å². The summed E-state index contributed by atoms with van der Waals surface area (Å²) in [6.07, 6.45) is 3.00. The fraction of sp³-hybridized carbons (Fsp3) is 0.727. The first-order valence-corrected chi connectivity index (χ1v) is 10.3. The van der Waals surface area contributed by atoms with Gasteiger partial charge < -0.3 is 9.64 Å². The molecule has 0 radical (unpaired) electrons. The van der Waals surface area contributed by atoms with Gasteiger partial charge in [-0.1, -0.05) is 53.7 Å². The third kappa shape index (κ3) is 6.63. The average Bonchev–Trinajstić information content (AvgIpc) is 2.62. The highest BCUT2D eigenvalue weighted by molar-refractivity contribution is 5.30. The Kier molecular flexibility index (Phi) is 10.1. The van der Waals surface area contributed by atoms with E-state index in [1.807, 2.05) is 27.7 Å². The second kappa shape index (κ2) is 11.5. The highest BCUT2D eigenvalue weighted by Gasteiger charge is 2.34. The highest BCUT2D eigenvalue weighted by Crippen LogP contribution is 2.26. The predicted molar refractivity (Wildman–Crippen MR) is 110 cm³/mol. The van der Waals surface area contributed by atoms with Crippen LogP contribution < -0.4 is 4.74 Å². The van der Waals surface area contributed by atoms with Crippen LogP contribution in [0.4, 0.5) is 0 Å². The molecule has 2 heterocycles. The largest absolute Gasteiger partial charge is 0.488 e. The van der Waals surface area contributed by atoms with Crippen molar-refractivity contribution in [2.75, 3.05) is 33.2 Å². The van der Waals surface area contributed by atoms with Gasteiger partial charge in [-0.3, -0.25) is 4.90 Å². The quantitative estimate of drug-likeness (QED) is 0.760. The van der Waals surface area contributed by atoms with E-state index in [0.29, 0.717) is 12.0 Å². The van der Waals surface area contributed by atoms with Gasteiger partial charge in [-0.05, 0) is 56.6 Å². The van der Waals surface area contributed by atoms with Crippen LogP contribution in [0.25, 0.3) is 0 Å². The third-order valence-electron chi connectivity index (χ3n) is 4.91. The topological polar surface area (TPSA) is 15.7 Å². The number of hydrogen-bond acceptors (Lipinski definition) is 3. The number of hydrogen-bond donors (Lipinski definition) is 0. The van der Waals surface area contributed by atoms with Crippen LogP contribution in [0.1, 0.15) is 65.9 Å². The van der Waals surface area contributed by atoms with Gasteiger partial charge in [-0.25, -0.2) is 0 Å². The average molecular weight is 349 g/mol. The van der Waals surface area contributed by atoms with E-state index in [1.165, 1.54) is 31.5 Å². The van der Waals surface area contributed by atoms with Gasteiger partial charge >= 0.3 is 0 Å². The van der Waals surface area contributed by atoms with E-state index in [2.05, 4.69) is 55.0 Å². The van der Waals surface area contributed by atoms with Gasteiger partial charge in [-0.15, -0.1) is 0 Å². The summed E-state index contributed by atoms with van der Waals surface area (Å²) in [7, 11) is 2.22. The third-order valence-corrected chi connectivity index (χ3v) is 4.91. The molecule has 2 saturated heterocycles. The number of rotatable bonds is 4. The van der Waals surface area contributed by atoms with Crippen molar-refractivity contribution in [2.24, 2.45) is 0 Å². The summed E-state index contributed by atoms with van der Waals surface area (Å²) in [6.45, 7) is 17.1. The molecule has 3 rings (SSSR count). The highest BCUT2D eigenvalue weighted by atomic mass is 16.5. The lowest BCUT2D eigenvalue weighted by atomic mass is 9.99. The summed E-state index contributed by atoms with van der Waals surface area (Å²) in [6, 6.07) is 9.36. The molecular weight excluding hydrogens is 308 g/mol. The summed E-state index contributed by atoms with van der Waals surface area (Å²) in [5, 5.41) is 0. The maximum Gasteiger partial charge on any atom is 0.124 e. The molecule has 2 aliphatic rings. The van der Waals surface area contributed by atoms with Gasteiger partial charge in [0.1, 0.15) is 11.9 Å². The van der Waals surface area contributed by atoms with Crippen molar-refractivity contribution >= 4 is 0 Å². The minimum Gasteiger partial charge on any atom is -0.488 e. The molecule has 0 saturated carbocycles. The summed E-state index contributed by atoms with van der Waals surface area (Å²) in [5.41, 5.74) is 1.36. The Hall–Kier alpha value is -1.06. The van der Waals surface area contributed by atoms with Crippen LogP contribution in [0, 0.1) is 0 Å². The Balaban J connectivity index is 0.000000730. The molecule has 0 unspecified atom stereocenters. The summed E-state index contributed by atoms with van der Waals surface area (Å²) >= 11 is 0. The molecule has 1 aromatic rings. The standard InChI is InChI=1S/C18H28N2O.2C2H6/c1-14(2)15-5-4-6-17(11-15)21-18-12-20(13-18)16-7-9-19(3)10-8-16;2*1-2/h4-6,11,14,16,18H,7-10,12-13H2,1-3H3;2*1-2H3. The molecule has 2 fully saturated rings. The molecule has 3 nitrogen and oxygen atoms in total. The zero-order chi connectivity index (χ0) is 18.8. The molecule has 2 aliphatic heterocycles. The SMILES string of the molecule is CC.CC.CC(C)c1cccc(OC2CN(C3CCN(C)CC3)C2)c1. The van der Waals surface area contributed by atoms with E-state index in [9.17, 15) is 0 Å². The van der Waals surface area contributed by atoms with Crippen LogP contribution >= 0.6 is 0 Å². The number of ether oxygens (including phenoxy) is 1. The van der Waals surface area contributed by atoms with Crippen LogP contribution in [0.3, 0.4) is 0 Å². The van der Waals surface area contributed by atoms with E-state index >= 15 is 0 Å². The maximum absolute atomic E-state index is 6.13. The molecule has 0 bridgehead atoms. The lowest BCUT2D eigenvalue weighted by Crippen LogP contribution is -2.59.